The van der Waals surface area contributed by atoms with E-state index in [0.29, 0.717) is 5.27 Å². The summed E-state index contributed by atoms with van der Waals surface area (Å²) >= 11 is 0. The van der Waals surface area contributed by atoms with Crippen molar-refractivity contribution in [1.82, 2.24) is 0 Å². The second kappa shape index (κ2) is 5.96. The van der Waals surface area contributed by atoms with E-state index in [4.69, 9.17) is 0 Å². The van der Waals surface area contributed by atoms with Gasteiger partial charge in [0, 0.05) is 0 Å². The average molecular weight is 318 g/mol. The van der Waals surface area contributed by atoms with Gasteiger partial charge in [-0.1, -0.05) is 83.1 Å². The maximum Gasteiger partial charge on any atom is 0.177 e. The van der Waals surface area contributed by atoms with Crippen LogP contribution in [0, 0.1) is 0 Å². The molecule has 0 aromatic heterocycles. The average Bonchev–Trinajstić information content (AvgIpc) is 1.88. The molecule has 0 aromatic carbocycles. The van der Waals surface area contributed by atoms with Gasteiger partial charge in [0.1, 0.15) is 0 Å². The van der Waals surface area contributed by atoms with Crippen molar-refractivity contribution in [2.45, 2.75) is 104 Å². The molecular formula is C17H36OP2. The fourth-order valence-corrected chi connectivity index (χ4v) is 14.0. The minimum Gasteiger partial charge on any atom is -0.289 e. The molecule has 0 atom stereocenters. The van der Waals surface area contributed by atoms with Gasteiger partial charge in [-0.15, -0.1) is 0 Å². The number of rotatable bonds is 2. The Morgan fingerprint density at radius 2 is 0.650 bits per heavy atom. The van der Waals surface area contributed by atoms with Crippen molar-refractivity contribution in [3.8, 4) is 0 Å². The third-order valence-electron chi connectivity index (χ3n) is 3.07. The summed E-state index contributed by atoms with van der Waals surface area (Å²) in [6.45, 7) is 26.8. The molecule has 120 valence electrons. The highest BCUT2D eigenvalue weighted by atomic mass is 31.2. The topological polar surface area (TPSA) is 17.1 Å². The van der Waals surface area contributed by atoms with Gasteiger partial charge in [-0.3, -0.25) is 4.79 Å². The molecule has 0 spiro atoms. The van der Waals surface area contributed by atoms with Gasteiger partial charge in [0.15, 0.2) is 5.27 Å². The highest BCUT2D eigenvalue weighted by Crippen LogP contribution is 2.73. The zero-order valence-corrected chi connectivity index (χ0v) is 17.6. The first kappa shape index (κ1) is 20.5. The quantitative estimate of drug-likeness (QED) is 0.489. The van der Waals surface area contributed by atoms with Gasteiger partial charge in [0.2, 0.25) is 0 Å². The van der Waals surface area contributed by atoms with Crippen molar-refractivity contribution < 1.29 is 4.79 Å². The largest absolute Gasteiger partial charge is 0.289 e. The second-order valence-electron chi connectivity index (χ2n) is 9.64. The van der Waals surface area contributed by atoms with Crippen LogP contribution < -0.4 is 0 Å². The molecule has 0 N–H and O–H groups in total. The molecule has 0 heterocycles. The zero-order chi connectivity index (χ0) is 16.7. The fraction of sp³-hybridized carbons (Fsp3) is 0.941. The van der Waals surface area contributed by atoms with E-state index in [0.717, 1.165) is 0 Å². The molecule has 0 saturated heterocycles. The minimum atomic E-state index is -0.682. The first-order valence-corrected chi connectivity index (χ1v) is 10.2. The lowest BCUT2D eigenvalue weighted by molar-refractivity contribution is 0.274. The molecular weight excluding hydrogens is 282 g/mol. The number of carbonyl (C=O) groups excluding carboxylic acids is 1. The summed E-state index contributed by atoms with van der Waals surface area (Å²) in [6, 6.07) is 0. The van der Waals surface area contributed by atoms with Crippen molar-refractivity contribution >= 4 is 21.1 Å². The van der Waals surface area contributed by atoms with Crippen LogP contribution in [0.3, 0.4) is 0 Å². The Kier molecular flexibility index (Phi) is 6.12. The molecule has 0 aliphatic heterocycles. The molecule has 0 aliphatic rings. The van der Waals surface area contributed by atoms with Crippen LogP contribution in [0.15, 0.2) is 0 Å². The molecule has 0 radical (unpaired) electrons. The van der Waals surface area contributed by atoms with Gasteiger partial charge < -0.3 is 0 Å². The Morgan fingerprint density at radius 1 is 0.500 bits per heavy atom. The number of carbonyl (C=O) groups is 1. The molecule has 0 saturated carbocycles. The second-order valence-corrected chi connectivity index (χ2v) is 17.5. The zero-order valence-electron chi connectivity index (χ0n) is 15.8. The number of hydrogen-bond donors (Lipinski definition) is 0. The monoisotopic (exact) mass is 318 g/mol. The lowest BCUT2D eigenvalue weighted by Crippen LogP contribution is -2.34. The van der Waals surface area contributed by atoms with E-state index in [1.54, 1.807) is 0 Å². The smallest absolute Gasteiger partial charge is 0.177 e. The van der Waals surface area contributed by atoms with E-state index >= 15 is 0 Å². The van der Waals surface area contributed by atoms with Gasteiger partial charge in [0.25, 0.3) is 0 Å². The highest BCUT2D eigenvalue weighted by Gasteiger charge is 2.48. The molecule has 0 amide bonds. The summed E-state index contributed by atoms with van der Waals surface area (Å²) in [5.74, 6) is 0. The Labute approximate surface area is 130 Å². The molecule has 0 fully saturated rings. The van der Waals surface area contributed by atoms with Crippen molar-refractivity contribution in [2.75, 3.05) is 0 Å². The normalized spacial score (nSPS) is 15.1. The van der Waals surface area contributed by atoms with Gasteiger partial charge in [-0.2, -0.15) is 0 Å². The molecule has 3 heteroatoms. The fourth-order valence-electron chi connectivity index (χ4n) is 3.26. The van der Waals surface area contributed by atoms with Crippen LogP contribution in [0.1, 0.15) is 83.1 Å². The van der Waals surface area contributed by atoms with E-state index < -0.39 is 15.8 Å². The molecule has 0 aromatic rings. The van der Waals surface area contributed by atoms with Gasteiger partial charge in [0.05, 0.1) is 0 Å². The predicted molar refractivity (Wildman–Crippen MR) is 98.2 cm³/mol. The third kappa shape index (κ3) is 5.38. The highest BCUT2D eigenvalue weighted by molar-refractivity contribution is 8.02. The lowest BCUT2D eigenvalue weighted by Gasteiger charge is -2.47. The molecule has 20 heavy (non-hydrogen) atoms. The third-order valence-corrected chi connectivity index (χ3v) is 10.4. The predicted octanol–water partition coefficient (Wildman–Crippen LogP) is 7.26. The molecule has 0 bridgehead atoms. The molecule has 0 rings (SSSR count). The van der Waals surface area contributed by atoms with Gasteiger partial charge in [-0.25, -0.2) is 0 Å². The summed E-state index contributed by atoms with van der Waals surface area (Å²) in [4.78, 5) is 13.5. The van der Waals surface area contributed by atoms with E-state index in [2.05, 4.69) is 83.1 Å². The Hall–Kier alpha value is 0.530. The summed E-state index contributed by atoms with van der Waals surface area (Å²) in [6.07, 6.45) is 0. The van der Waals surface area contributed by atoms with Crippen LogP contribution in [0.25, 0.3) is 0 Å². The van der Waals surface area contributed by atoms with Crippen molar-refractivity contribution in [2.24, 2.45) is 0 Å². The summed E-state index contributed by atoms with van der Waals surface area (Å²) < 4.78 is 0. The summed E-state index contributed by atoms with van der Waals surface area (Å²) in [5, 5.41) is 0.850. The van der Waals surface area contributed by atoms with Crippen molar-refractivity contribution in [1.29, 1.82) is 0 Å². The van der Waals surface area contributed by atoms with E-state index in [1.165, 1.54) is 0 Å². The van der Waals surface area contributed by atoms with Crippen LogP contribution >= 0.6 is 15.8 Å². The first-order chi connectivity index (χ1) is 8.40. The van der Waals surface area contributed by atoms with Gasteiger partial charge in [-0.05, 0) is 36.5 Å². The summed E-state index contributed by atoms with van der Waals surface area (Å²) in [5.41, 5.74) is 0. The molecule has 0 aliphatic carbocycles. The van der Waals surface area contributed by atoms with Crippen molar-refractivity contribution in [3.63, 3.8) is 0 Å². The minimum absolute atomic E-state index is 0.0712. The van der Waals surface area contributed by atoms with Gasteiger partial charge >= 0.3 is 0 Å². The Bertz CT molecular complexity index is 283. The lowest BCUT2D eigenvalue weighted by atomic mass is 10.2. The molecule has 0 unspecified atom stereocenters. The van der Waals surface area contributed by atoms with E-state index in [-0.39, 0.29) is 20.6 Å². The Morgan fingerprint density at radius 3 is 0.750 bits per heavy atom. The summed E-state index contributed by atoms with van der Waals surface area (Å²) in [7, 11) is -1.36. The maximum atomic E-state index is 13.5. The number of hydrogen-bond acceptors (Lipinski definition) is 1. The van der Waals surface area contributed by atoms with Crippen LogP contribution in [-0.4, -0.2) is 25.9 Å². The van der Waals surface area contributed by atoms with E-state index in [1.807, 2.05) is 0 Å². The van der Waals surface area contributed by atoms with E-state index in [9.17, 15) is 4.79 Å². The van der Waals surface area contributed by atoms with Crippen molar-refractivity contribution in [3.05, 3.63) is 0 Å². The standard InChI is InChI=1S/C17H36OP2/c1-14(2,3)19(15(4,5)6)13(18)20(16(7,8)9)17(10,11)12/h1-12H3. The van der Waals surface area contributed by atoms with Crippen LogP contribution in [0.5, 0.6) is 0 Å². The van der Waals surface area contributed by atoms with Crippen LogP contribution in [-0.2, 0) is 0 Å². The van der Waals surface area contributed by atoms with Crippen LogP contribution in [0.4, 0.5) is 4.79 Å². The maximum absolute atomic E-state index is 13.5. The van der Waals surface area contributed by atoms with Crippen LogP contribution in [0.2, 0.25) is 0 Å². The first-order valence-electron chi connectivity index (χ1n) is 7.55. The Balaban J connectivity index is 5.89. The molecule has 1 nitrogen and oxygen atoms in total. The SMILES string of the molecule is CC(C)(C)P(C(=O)P(C(C)(C)C)C(C)(C)C)C(C)(C)C.